The van der Waals surface area contributed by atoms with Gasteiger partial charge in [-0.25, -0.2) is 5.43 Å². The monoisotopic (exact) mass is 331 g/mol. The number of fused-ring (bicyclic) bond motifs is 1. The summed E-state index contributed by atoms with van der Waals surface area (Å²) in [7, 11) is 1.79. The number of hydrazine groups is 1. The zero-order valence-electron chi connectivity index (χ0n) is 10.4. The normalized spacial score (nSPS) is 10.6. The highest BCUT2D eigenvalue weighted by Gasteiger charge is 2.16. The quantitative estimate of drug-likeness (QED) is 0.551. The van der Waals surface area contributed by atoms with Crippen LogP contribution in [0, 0.1) is 0 Å². The Labute approximate surface area is 131 Å². The number of benzene rings is 1. The van der Waals surface area contributed by atoms with E-state index in [1.165, 1.54) is 0 Å². The summed E-state index contributed by atoms with van der Waals surface area (Å²) in [5.74, 6) is 0. The van der Waals surface area contributed by atoms with Crippen LogP contribution >= 0.6 is 35.6 Å². The summed E-state index contributed by atoms with van der Waals surface area (Å²) in [6.07, 6.45) is 5.47. The van der Waals surface area contributed by atoms with E-state index in [1.807, 2.05) is 12.4 Å². The van der Waals surface area contributed by atoms with Crippen LogP contribution in [0.2, 0.25) is 10.0 Å². The molecule has 20 heavy (non-hydrogen) atoms. The first-order valence-electron chi connectivity index (χ1n) is 5.63. The predicted octanol–water partition coefficient (Wildman–Crippen LogP) is 3.83. The second-order valence-electron chi connectivity index (χ2n) is 4.03. The van der Waals surface area contributed by atoms with Gasteiger partial charge >= 0.3 is 0 Å². The highest BCUT2D eigenvalue weighted by atomic mass is 35.5. The molecule has 8 heteroatoms. The van der Waals surface area contributed by atoms with E-state index in [4.69, 9.17) is 23.2 Å². The van der Waals surface area contributed by atoms with E-state index in [0.717, 1.165) is 27.7 Å². The van der Waals surface area contributed by atoms with Crippen LogP contribution in [0.1, 0.15) is 0 Å². The molecule has 4 N–H and O–H groups in total. The van der Waals surface area contributed by atoms with Gasteiger partial charge in [-0.15, -0.1) is 12.4 Å². The van der Waals surface area contributed by atoms with Crippen molar-refractivity contribution in [3.63, 3.8) is 0 Å². The Morgan fingerprint density at radius 1 is 1.25 bits per heavy atom. The lowest BCUT2D eigenvalue weighted by Crippen LogP contribution is -2.15. The number of H-pyrrole nitrogens is 2. The fourth-order valence-electron chi connectivity index (χ4n) is 2.12. The molecule has 0 atom stereocenters. The summed E-state index contributed by atoms with van der Waals surface area (Å²) in [5, 5.41) is 8.73. The molecule has 0 radical (unpaired) electrons. The van der Waals surface area contributed by atoms with Crippen molar-refractivity contribution in [3.8, 4) is 11.1 Å². The Kier molecular flexibility index (Phi) is 4.45. The van der Waals surface area contributed by atoms with Gasteiger partial charge in [-0.1, -0.05) is 23.2 Å². The lowest BCUT2D eigenvalue weighted by molar-refractivity contribution is 0.988. The van der Waals surface area contributed by atoms with Crippen LogP contribution in [0.4, 0.5) is 5.69 Å². The van der Waals surface area contributed by atoms with Gasteiger partial charge in [0.15, 0.2) is 0 Å². The maximum atomic E-state index is 6.24. The first-order valence-corrected chi connectivity index (χ1v) is 6.39. The number of aromatic nitrogens is 3. The van der Waals surface area contributed by atoms with Gasteiger partial charge < -0.3 is 10.4 Å². The number of nitrogens with zero attached hydrogens (tertiary/aromatic N) is 1. The molecule has 2 aromatic heterocycles. The van der Waals surface area contributed by atoms with Gasteiger partial charge in [-0.05, 0) is 6.07 Å². The first kappa shape index (κ1) is 15.0. The summed E-state index contributed by atoms with van der Waals surface area (Å²) in [6, 6.07) is 1.79. The van der Waals surface area contributed by atoms with E-state index in [0.29, 0.717) is 10.0 Å². The molecule has 0 aliphatic carbocycles. The second kappa shape index (κ2) is 5.93. The fraction of sp³-hybridized carbons (Fsp3) is 0.0833. The van der Waals surface area contributed by atoms with Crippen LogP contribution in [0.3, 0.4) is 0 Å². The third-order valence-corrected chi connectivity index (χ3v) is 3.71. The number of nitrogens with one attached hydrogen (secondary N) is 4. The molecule has 5 nitrogen and oxygen atoms in total. The minimum Gasteiger partial charge on any atom is -0.359 e. The Morgan fingerprint density at radius 3 is 2.70 bits per heavy atom. The van der Waals surface area contributed by atoms with Crippen molar-refractivity contribution in [2.24, 2.45) is 0 Å². The summed E-state index contributed by atoms with van der Waals surface area (Å²) in [4.78, 5) is 3.16. The Morgan fingerprint density at radius 2 is 2.05 bits per heavy atom. The van der Waals surface area contributed by atoms with Crippen LogP contribution < -0.4 is 10.9 Å². The second-order valence-corrected chi connectivity index (χ2v) is 4.82. The van der Waals surface area contributed by atoms with Gasteiger partial charge in [0, 0.05) is 36.0 Å². The van der Waals surface area contributed by atoms with E-state index in [-0.39, 0.29) is 12.4 Å². The minimum atomic E-state index is 0. The van der Waals surface area contributed by atoms with Crippen LogP contribution in [0.15, 0.2) is 24.7 Å². The molecule has 0 saturated carbocycles. The van der Waals surface area contributed by atoms with Gasteiger partial charge in [0.2, 0.25) is 0 Å². The maximum Gasteiger partial charge on any atom is 0.0834 e. The number of hydrogen-bond donors (Lipinski definition) is 4. The van der Waals surface area contributed by atoms with Crippen molar-refractivity contribution < 1.29 is 0 Å². The summed E-state index contributed by atoms with van der Waals surface area (Å²) in [6.45, 7) is 0. The van der Waals surface area contributed by atoms with Crippen LogP contribution in [0.5, 0.6) is 0 Å². The van der Waals surface area contributed by atoms with Crippen molar-refractivity contribution in [1.29, 1.82) is 0 Å². The van der Waals surface area contributed by atoms with E-state index < -0.39 is 0 Å². The van der Waals surface area contributed by atoms with Gasteiger partial charge in [0.05, 0.1) is 27.4 Å². The van der Waals surface area contributed by atoms with Crippen LogP contribution in [-0.4, -0.2) is 22.2 Å². The number of hydrogen-bond acceptors (Lipinski definition) is 3. The Balaban J connectivity index is 0.00000147. The summed E-state index contributed by atoms with van der Waals surface area (Å²) >= 11 is 12.4. The van der Waals surface area contributed by atoms with Crippen LogP contribution in [0.25, 0.3) is 22.0 Å². The molecular weight excluding hydrogens is 321 g/mol. The number of rotatable bonds is 3. The molecule has 0 amide bonds. The summed E-state index contributed by atoms with van der Waals surface area (Å²) < 4.78 is 0. The number of anilines is 1. The smallest absolute Gasteiger partial charge is 0.0834 e. The molecule has 0 aliphatic rings. The zero-order chi connectivity index (χ0) is 13.4. The molecule has 1 aromatic carbocycles. The van der Waals surface area contributed by atoms with Gasteiger partial charge in [0.1, 0.15) is 0 Å². The molecule has 0 bridgehead atoms. The summed E-state index contributed by atoms with van der Waals surface area (Å²) in [5.41, 5.74) is 9.58. The van der Waals surface area contributed by atoms with E-state index >= 15 is 0 Å². The Hall–Kier alpha value is -1.40. The zero-order valence-corrected chi connectivity index (χ0v) is 12.7. The molecule has 0 unspecified atom stereocenters. The SMILES string of the molecule is CNNc1cc(Cl)c(Cl)c2[nH]cc(-c3cn[nH]c3)c12.Cl. The first-order chi connectivity index (χ1) is 9.22. The molecule has 3 rings (SSSR count). The molecule has 3 aromatic rings. The fourth-order valence-corrected chi connectivity index (χ4v) is 2.52. The average molecular weight is 333 g/mol. The van der Waals surface area contributed by atoms with Crippen LogP contribution in [-0.2, 0) is 0 Å². The Bertz CT molecular complexity index is 720. The van der Waals surface area contributed by atoms with Crippen molar-refractivity contribution in [3.05, 3.63) is 34.7 Å². The number of halogens is 3. The molecule has 106 valence electrons. The molecule has 2 heterocycles. The van der Waals surface area contributed by atoms with Crippen molar-refractivity contribution in [1.82, 2.24) is 20.6 Å². The lowest BCUT2D eigenvalue weighted by atomic mass is 10.1. The van der Waals surface area contributed by atoms with Crippen molar-refractivity contribution in [2.45, 2.75) is 0 Å². The highest BCUT2D eigenvalue weighted by Crippen LogP contribution is 2.40. The van der Waals surface area contributed by atoms with Gasteiger partial charge in [-0.2, -0.15) is 5.10 Å². The minimum absolute atomic E-state index is 0. The van der Waals surface area contributed by atoms with E-state index in [1.54, 1.807) is 19.3 Å². The predicted molar refractivity (Wildman–Crippen MR) is 85.8 cm³/mol. The molecule has 0 aliphatic heterocycles. The van der Waals surface area contributed by atoms with Crippen molar-refractivity contribution in [2.75, 3.05) is 12.5 Å². The molecular formula is C12H12Cl3N5. The van der Waals surface area contributed by atoms with E-state index in [2.05, 4.69) is 26.0 Å². The van der Waals surface area contributed by atoms with E-state index in [9.17, 15) is 0 Å². The lowest BCUT2D eigenvalue weighted by Gasteiger charge is -2.09. The molecule has 0 saturated heterocycles. The topological polar surface area (TPSA) is 68.5 Å². The molecule has 0 fully saturated rings. The third-order valence-electron chi connectivity index (χ3n) is 2.92. The van der Waals surface area contributed by atoms with Crippen molar-refractivity contribution >= 4 is 52.2 Å². The molecule has 0 spiro atoms. The third kappa shape index (κ3) is 2.33. The average Bonchev–Trinajstić information content (AvgIpc) is 3.04. The highest BCUT2D eigenvalue weighted by molar-refractivity contribution is 6.46. The largest absolute Gasteiger partial charge is 0.359 e. The van der Waals surface area contributed by atoms with Gasteiger partial charge in [-0.3, -0.25) is 5.10 Å². The maximum absolute atomic E-state index is 6.24. The van der Waals surface area contributed by atoms with Gasteiger partial charge in [0.25, 0.3) is 0 Å². The standard InChI is InChI=1S/C12H11Cl2N5.ClH/c1-15-19-9-2-8(13)11(14)12-10(9)7(5-16-12)6-3-17-18-4-6;/h2-5,15-16,19H,1H3,(H,17,18);1H. The number of aromatic amines is 2.